The first-order valence-corrected chi connectivity index (χ1v) is 6.37. The van der Waals surface area contributed by atoms with Gasteiger partial charge >= 0.3 is 0 Å². The Balaban J connectivity index is 2.01. The Kier molecular flexibility index (Phi) is 4.25. The molecule has 2 atom stereocenters. The SMILES string of the molecule is CNC1COCC1C(=O)Cc1cncc(Br)c1. The number of pyridine rings is 1. The van der Waals surface area contributed by atoms with Crippen molar-refractivity contribution in [2.24, 2.45) is 5.92 Å². The summed E-state index contributed by atoms with van der Waals surface area (Å²) in [6.45, 7) is 1.13. The van der Waals surface area contributed by atoms with E-state index in [9.17, 15) is 4.79 Å². The summed E-state index contributed by atoms with van der Waals surface area (Å²) in [6.07, 6.45) is 3.86. The largest absolute Gasteiger partial charge is 0.379 e. The molecule has 92 valence electrons. The summed E-state index contributed by atoms with van der Waals surface area (Å²) in [6, 6.07) is 2.07. The van der Waals surface area contributed by atoms with Gasteiger partial charge in [0.25, 0.3) is 0 Å². The van der Waals surface area contributed by atoms with E-state index in [1.807, 2.05) is 13.1 Å². The zero-order chi connectivity index (χ0) is 12.3. The number of carbonyl (C=O) groups is 1. The summed E-state index contributed by atoms with van der Waals surface area (Å²) in [5.41, 5.74) is 0.936. The van der Waals surface area contributed by atoms with E-state index < -0.39 is 0 Å². The number of nitrogens with zero attached hydrogens (tertiary/aromatic N) is 1. The van der Waals surface area contributed by atoms with Crippen molar-refractivity contribution in [3.63, 3.8) is 0 Å². The lowest BCUT2D eigenvalue weighted by Crippen LogP contribution is -2.37. The van der Waals surface area contributed by atoms with Gasteiger partial charge in [-0.15, -0.1) is 0 Å². The molecule has 1 aliphatic rings. The molecule has 2 rings (SSSR count). The highest BCUT2D eigenvalue weighted by molar-refractivity contribution is 9.10. The van der Waals surface area contributed by atoms with Crippen molar-refractivity contribution in [2.45, 2.75) is 12.5 Å². The van der Waals surface area contributed by atoms with Crippen LogP contribution >= 0.6 is 15.9 Å². The summed E-state index contributed by atoms with van der Waals surface area (Å²) >= 11 is 3.35. The number of nitrogens with one attached hydrogen (secondary N) is 1. The molecular formula is C12H15BrN2O2. The summed E-state index contributed by atoms with van der Waals surface area (Å²) in [5.74, 6) is 0.167. The topological polar surface area (TPSA) is 51.2 Å². The molecule has 0 aromatic carbocycles. The van der Waals surface area contributed by atoms with Crippen LogP contribution in [0.4, 0.5) is 0 Å². The Morgan fingerprint density at radius 2 is 2.41 bits per heavy atom. The van der Waals surface area contributed by atoms with Crippen LogP contribution in [0.3, 0.4) is 0 Å². The van der Waals surface area contributed by atoms with Crippen LogP contribution in [0.5, 0.6) is 0 Å². The average molecular weight is 299 g/mol. The monoisotopic (exact) mass is 298 g/mol. The lowest BCUT2D eigenvalue weighted by atomic mass is 9.94. The van der Waals surface area contributed by atoms with Gasteiger partial charge in [0.15, 0.2) is 0 Å². The van der Waals surface area contributed by atoms with E-state index in [1.54, 1.807) is 12.4 Å². The highest BCUT2D eigenvalue weighted by Crippen LogP contribution is 2.18. The molecule has 0 amide bonds. The van der Waals surface area contributed by atoms with E-state index in [4.69, 9.17) is 4.74 Å². The van der Waals surface area contributed by atoms with Gasteiger partial charge in [-0.2, -0.15) is 0 Å². The number of carbonyl (C=O) groups excluding carboxylic acids is 1. The van der Waals surface area contributed by atoms with Crippen molar-refractivity contribution >= 4 is 21.7 Å². The van der Waals surface area contributed by atoms with E-state index in [-0.39, 0.29) is 17.7 Å². The van der Waals surface area contributed by atoms with Gasteiger partial charge in [0, 0.05) is 29.3 Å². The molecule has 0 saturated carbocycles. The average Bonchev–Trinajstić information content (AvgIpc) is 2.77. The second-order valence-corrected chi connectivity index (χ2v) is 5.11. The van der Waals surface area contributed by atoms with Crippen LogP contribution in [0.25, 0.3) is 0 Å². The second kappa shape index (κ2) is 5.71. The Labute approximate surface area is 109 Å². The van der Waals surface area contributed by atoms with Crippen molar-refractivity contribution in [3.8, 4) is 0 Å². The van der Waals surface area contributed by atoms with Crippen molar-refractivity contribution in [1.29, 1.82) is 0 Å². The second-order valence-electron chi connectivity index (χ2n) is 4.19. The van der Waals surface area contributed by atoms with Crippen molar-refractivity contribution < 1.29 is 9.53 Å². The molecule has 1 aromatic rings. The Hall–Kier alpha value is -0.780. The lowest BCUT2D eigenvalue weighted by Gasteiger charge is -2.15. The van der Waals surface area contributed by atoms with E-state index in [0.29, 0.717) is 19.6 Å². The number of ether oxygens (including phenoxy) is 1. The van der Waals surface area contributed by atoms with E-state index >= 15 is 0 Å². The number of hydrogen-bond donors (Lipinski definition) is 1. The number of Topliss-reactive ketones (excluding diaryl/α,β-unsaturated/α-hetero) is 1. The number of likely N-dealkylation sites (N-methyl/N-ethyl adjacent to an activating group) is 1. The molecule has 1 saturated heterocycles. The smallest absolute Gasteiger partial charge is 0.144 e. The molecule has 5 heteroatoms. The fourth-order valence-corrected chi connectivity index (χ4v) is 2.45. The summed E-state index contributed by atoms with van der Waals surface area (Å²) in [5, 5.41) is 3.12. The van der Waals surface area contributed by atoms with E-state index in [2.05, 4.69) is 26.2 Å². The molecule has 1 N–H and O–H groups in total. The van der Waals surface area contributed by atoms with Gasteiger partial charge in [0.1, 0.15) is 5.78 Å². The molecule has 1 aromatic heterocycles. The third-order valence-corrected chi connectivity index (χ3v) is 3.44. The van der Waals surface area contributed by atoms with Crippen LogP contribution in [-0.2, 0) is 16.0 Å². The molecule has 2 heterocycles. The van der Waals surface area contributed by atoms with E-state index in [0.717, 1.165) is 10.0 Å². The first-order valence-electron chi connectivity index (χ1n) is 5.58. The van der Waals surface area contributed by atoms with Crippen LogP contribution in [0.1, 0.15) is 5.56 Å². The zero-order valence-corrected chi connectivity index (χ0v) is 11.2. The predicted molar refractivity (Wildman–Crippen MR) is 67.8 cm³/mol. The molecule has 0 aliphatic carbocycles. The Morgan fingerprint density at radius 3 is 3.12 bits per heavy atom. The van der Waals surface area contributed by atoms with Crippen LogP contribution in [-0.4, -0.2) is 37.1 Å². The van der Waals surface area contributed by atoms with Crippen molar-refractivity contribution in [2.75, 3.05) is 20.3 Å². The van der Waals surface area contributed by atoms with Gasteiger partial charge in [0.05, 0.1) is 19.1 Å². The molecule has 1 aliphatic heterocycles. The molecule has 1 fully saturated rings. The van der Waals surface area contributed by atoms with Crippen LogP contribution < -0.4 is 5.32 Å². The zero-order valence-electron chi connectivity index (χ0n) is 9.65. The first-order chi connectivity index (χ1) is 8.20. The Bertz CT molecular complexity index is 411. The molecule has 17 heavy (non-hydrogen) atoms. The molecule has 0 spiro atoms. The van der Waals surface area contributed by atoms with Gasteiger partial charge < -0.3 is 10.1 Å². The van der Waals surface area contributed by atoms with Crippen molar-refractivity contribution in [3.05, 3.63) is 28.5 Å². The molecular weight excluding hydrogens is 284 g/mol. The maximum Gasteiger partial charge on any atom is 0.144 e. The minimum absolute atomic E-state index is 0.0426. The standard InChI is InChI=1S/C12H15BrN2O2/c1-14-11-7-17-6-10(11)12(16)3-8-2-9(13)5-15-4-8/h2,4-5,10-11,14H,3,6-7H2,1H3. The molecule has 0 bridgehead atoms. The highest BCUT2D eigenvalue weighted by atomic mass is 79.9. The predicted octanol–water partition coefficient (Wildman–Crippen LogP) is 1.19. The van der Waals surface area contributed by atoms with Gasteiger partial charge in [-0.1, -0.05) is 0 Å². The van der Waals surface area contributed by atoms with Gasteiger partial charge in [-0.3, -0.25) is 9.78 Å². The maximum absolute atomic E-state index is 12.1. The minimum atomic E-state index is -0.0426. The normalized spacial score (nSPS) is 23.9. The fraction of sp³-hybridized carbons (Fsp3) is 0.500. The summed E-state index contributed by atoms with van der Waals surface area (Å²) in [7, 11) is 1.86. The summed E-state index contributed by atoms with van der Waals surface area (Å²) in [4.78, 5) is 16.2. The van der Waals surface area contributed by atoms with Crippen LogP contribution in [0, 0.1) is 5.92 Å². The number of hydrogen-bond acceptors (Lipinski definition) is 4. The lowest BCUT2D eigenvalue weighted by molar-refractivity contribution is -0.122. The molecule has 2 unspecified atom stereocenters. The van der Waals surface area contributed by atoms with Gasteiger partial charge in [-0.05, 0) is 34.6 Å². The third kappa shape index (κ3) is 3.12. The number of ketones is 1. The number of halogens is 1. The molecule has 4 nitrogen and oxygen atoms in total. The van der Waals surface area contributed by atoms with Crippen molar-refractivity contribution in [1.82, 2.24) is 10.3 Å². The Morgan fingerprint density at radius 1 is 1.59 bits per heavy atom. The van der Waals surface area contributed by atoms with Crippen LogP contribution in [0.2, 0.25) is 0 Å². The maximum atomic E-state index is 12.1. The van der Waals surface area contributed by atoms with Gasteiger partial charge in [0.2, 0.25) is 0 Å². The summed E-state index contributed by atoms with van der Waals surface area (Å²) < 4.78 is 6.23. The number of rotatable bonds is 4. The fourth-order valence-electron chi connectivity index (χ4n) is 2.04. The van der Waals surface area contributed by atoms with E-state index in [1.165, 1.54) is 0 Å². The third-order valence-electron chi connectivity index (χ3n) is 3.00. The highest BCUT2D eigenvalue weighted by Gasteiger charge is 2.32. The molecule has 0 radical (unpaired) electrons. The number of aromatic nitrogens is 1. The van der Waals surface area contributed by atoms with Crippen LogP contribution in [0.15, 0.2) is 22.9 Å². The first kappa shape index (κ1) is 12.7. The quantitative estimate of drug-likeness (QED) is 0.907. The minimum Gasteiger partial charge on any atom is -0.379 e. The van der Waals surface area contributed by atoms with Gasteiger partial charge in [-0.25, -0.2) is 0 Å².